The van der Waals surface area contributed by atoms with Crippen molar-refractivity contribution in [1.82, 2.24) is 0 Å². The molecule has 0 fully saturated rings. The van der Waals surface area contributed by atoms with Gasteiger partial charge in [-0.25, -0.2) is 0 Å². The number of halogens is 1. The summed E-state index contributed by atoms with van der Waals surface area (Å²) >= 11 is -1.14. The first-order valence-corrected chi connectivity index (χ1v) is 10.9. The van der Waals surface area contributed by atoms with Crippen molar-refractivity contribution >= 4 is 33.5 Å². The molecule has 0 radical (unpaired) electrons. The molecule has 0 aliphatic heterocycles. The molecule has 4 heteroatoms. The van der Waals surface area contributed by atoms with Crippen LogP contribution in [0.5, 0.6) is 0 Å². The molecular weight excluding hydrogens is 258 g/mol. The summed E-state index contributed by atoms with van der Waals surface area (Å²) in [6, 6.07) is 0. The van der Waals surface area contributed by atoms with Gasteiger partial charge in [0.05, 0.1) is 0 Å². The van der Waals surface area contributed by atoms with Gasteiger partial charge in [-0.1, -0.05) is 0 Å². The van der Waals surface area contributed by atoms with Gasteiger partial charge in [0.25, 0.3) is 0 Å². The zero-order valence-electron chi connectivity index (χ0n) is 6.61. The molecule has 0 aromatic rings. The molecule has 0 heterocycles. The SMILES string of the molecule is CC(=O)[O-].C[CH2][Sn+]([Cl])[CH2]C. The number of hydrogen-bond acceptors (Lipinski definition) is 2. The van der Waals surface area contributed by atoms with Gasteiger partial charge in [-0.3, -0.25) is 0 Å². The van der Waals surface area contributed by atoms with Crippen molar-refractivity contribution in [3.8, 4) is 0 Å². The molecule has 0 amide bonds. The van der Waals surface area contributed by atoms with Gasteiger partial charge in [0, 0.05) is 5.97 Å². The molecule has 0 aliphatic carbocycles. The number of carbonyl (C=O) groups is 1. The molecule has 0 unspecified atom stereocenters. The Bertz CT molecular complexity index is 79.8. The average Bonchev–Trinajstić information content (AvgIpc) is 1.85. The third-order valence-electron chi connectivity index (χ3n) is 0.767. The molecule has 0 spiro atoms. The van der Waals surface area contributed by atoms with E-state index in [0.717, 1.165) is 6.92 Å². The maximum atomic E-state index is 8.89. The van der Waals surface area contributed by atoms with Crippen LogP contribution in [0.4, 0.5) is 0 Å². The molecule has 0 aliphatic rings. The van der Waals surface area contributed by atoms with Crippen LogP contribution in [0.3, 0.4) is 0 Å². The van der Waals surface area contributed by atoms with Crippen LogP contribution in [0, 0.1) is 0 Å². The molecule has 0 aromatic carbocycles. The Hall–Kier alpha value is 0.559. The number of rotatable bonds is 2. The fourth-order valence-electron chi connectivity index (χ4n) is 0.250. The standard InChI is InChI=1S/C2H4O2.2C2H5.ClH.Sn/c1-2(3)4;2*1-2;;/h1H3,(H,3,4);2*1H2,2H3;1H;/q;;;;+2/p-2. The van der Waals surface area contributed by atoms with E-state index in [1.54, 1.807) is 0 Å². The van der Waals surface area contributed by atoms with E-state index in [4.69, 9.17) is 18.8 Å². The van der Waals surface area contributed by atoms with E-state index in [1.165, 1.54) is 8.87 Å². The number of carboxylic acids is 1. The fourth-order valence-corrected chi connectivity index (χ4v) is 1.68. The molecule has 0 rings (SSSR count). The van der Waals surface area contributed by atoms with E-state index in [-0.39, 0.29) is 0 Å². The Kier molecular flexibility index (Phi) is 12.6. The summed E-state index contributed by atoms with van der Waals surface area (Å²) in [6.07, 6.45) is 0. The van der Waals surface area contributed by atoms with E-state index < -0.39 is 24.6 Å². The van der Waals surface area contributed by atoms with Crippen LogP contribution in [0.25, 0.3) is 0 Å². The topological polar surface area (TPSA) is 40.1 Å². The zero-order chi connectivity index (χ0) is 8.57. The van der Waals surface area contributed by atoms with Crippen molar-refractivity contribution in [1.29, 1.82) is 0 Å². The van der Waals surface area contributed by atoms with E-state index in [9.17, 15) is 0 Å². The molecular formula is C6H13ClO2Sn. The summed E-state index contributed by atoms with van der Waals surface area (Å²) in [7, 11) is 5.85. The Balaban J connectivity index is 0. The first kappa shape index (κ1) is 13.2. The number of aliphatic carboxylic acids is 1. The van der Waals surface area contributed by atoms with Crippen molar-refractivity contribution in [2.45, 2.75) is 29.6 Å². The van der Waals surface area contributed by atoms with Gasteiger partial charge in [0.15, 0.2) is 0 Å². The third-order valence-corrected chi connectivity index (χ3v) is 8.73. The first-order chi connectivity index (χ1) is 4.54. The number of hydrogen-bond donors (Lipinski definition) is 0. The van der Waals surface area contributed by atoms with Gasteiger partial charge < -0.3 is 9.90 Å². The number of carboxylic acid groups (broad SMARTS) is 1. The summed E-state index contributed by atoms with van der Waals surface area (Å²) in [5, 5.41) is 8.89. The van der Waals surface area contributed by atoms with Crippen molar-refractivity contribution in [2.75, 3.05) is 0 Å². The van der Waals surface area contributed by atoms with Crippen molar-refractivity contribution in [3.63, 3.8) is 0 Å². The Morgan fingerprint density at radius 2 is 1.70 bits per heavy atom. The second-order valence-corrected chi connectivity index (χ2v) is 12.3. The van der Waals surface area contributed by atoms with Crippen molar-refractivity contribution in [3.05, 3.63) is 0 Å². The predicted octanol–water partition coefficient (Wildman–Crippen LogP) is 1.01. The molecule has 60 valence electrons. The van der Waals surface area contributed by atoms with E-state index >= 15 is 0 Å². The van der Waals surface area contributed by atoms with Gasteiger partial charge in [-0.2, -0.15) is 0 Å². The quantitative estimate of drug-likeness (QED) is 0.703. The van der Waals surface area contributed by atoms with Crippen LogP contribution >= 0.6 is 8.92 Å². The zero-order valence-corrected chi connectivity index (χ0v) is 10.2. The van der Waals surface area contributed by atoms with Crippen LogP contribution in [-0.4, -0.2) is 24.6 Å². The predicted molar refractivity (Wildman–Crippen MR) is 43.3 cm³/mol. The van der Waals surface area contributed by atoms with Crippen LogP contribution in [-0.2, 0) is 4.79 Å². The van der Waals surface area contributed by atoms with Crippen molar-refractivity contribution in [2.24, 2.45) is 0 Å². The second-order valence-electron chi connectivity index (χ2n) is 1.72. The Morgan fingerprint density at radius 3 is 1.70 bits per heavy atom. The summed E-state index contributed by atoms with van der Waals surface area (Å²) in [6.45, 7) is 5.34. The molecule has 0 bridgehead atoms. The summed E-state index contributed by atoms with van der Waals surface area (Å²) in [5.41, 5.74) is 0. The first-order valence-electron chi connectivity index (χ1n) is 3.22. The van der Waals surface area contributed by atoms with Gasteiger partial charge in [-0.15, -0.1) is 0 Å². The van der Waals surface area contributed by atoms with E-state index in [1.807, 2.05) is 0 Å². The molecule has 2 nitrogen and oxygen atoms in total. The third kappa shape index (κ3) is 23.5. The summed E-state index contributed by atoms with van der Waals surface area (Å²) < 4.78 is 2.58. The maximum absolute atomic E-state index is 8.89. The number of carbonyl (C=O) groups excluding carboxylic acids is 1. The normalized spacial score (nSPS) is 7.60. The molecule has 10 heavy (non-hydrogen) atoms. The average molecular weight is 271 g/mol. The van der Waals surface area contributed by atoms with Gasteiger partial charge in [-0.05, 0) is 6.92 Å². The monoisotopic (exact) mass is 272 g/mol. The van der Waals surface area contributed by atoms with Crippen LogP contribution in [0.15, 0.2) is 0 Å². The van der Waals surface area contributed by atoms with Crippen LogP contribution < -0.4 is 5.11 Å². The van der Waals surface area contributed by atoms with Gasteiger partial charge >= 0.3 is 50.3 Å². The molecule has 0 saturated carbocycles. The van der Waals surface area contributed by atoms with Gasteiger partial charge in [0.2, 0.25) is 0 Å². The Labute approximate surface area is 73.0 Å². The summed E-state index contributed by atoms with van der Waals surface area (Å²) in [5.74, 6) is -1.08. The molecule has 0 aromatic heterocycles. The molecule has 0 atom stereocenters. The summed E-state index contributed by atoms with van der Waals surface area (Å²) in [4.78, 5) is 8.89. The Morgan fingerprint density at radius 1 is 1.50 bits per heavy atom. The molecule has 0 N–H and O–H groups in total. The van der Waals surface area contributed by atoms with Crippen molar-refractivity contribution < 1.29 is 9.90 Å². The van der Waals surface area contributed by atoms with Crippen LogP contribution in [0.1, 0.15) is 20.8 Å². The second kappa shape index (κ2) is 9.56. The van der Waals surface area contributed by atoms with Gasteiger partial charge in [0.1, 0.15) is 0 Å². The molecule has 0 saturated heterocycles. The van der Waals surface area contributed by atoms with E-state index in [0.29, 0.717) is 0 Å². The minimum absolute atomic E-state index is 0.972. The van der Waals surface area contributed by atoms with E-state index in [2.05, 4.69) is 13.8 Å². The van der Waals surface area contributed by atoms with Crippen LogP contribution in [0.2, 0.25) is 8.87 Å². The minimum atomic E-state index is -1.14. The fraction of sp³-hybridized carbons (Fsp3) is 0.833.